The summed E-state index contributed by atoms with van der Waals surface area (Å²) in [4.78, 5) is 16.4. The van der Waals surface area contributed by atoms with Gasteiger partial charge in [-0.25, -0.2) is 8.42 Å². The van der Waals surface area contributed by atoms with Crippen LogP contribution in [0.4, 0.5) is 5.69 Å². The second kappa shape index (κ2) is 8.40. The van der Waals surface area contributed by atoms with Crippen LogP contribution in [0.3, 0.4) is 0 Å². The molecule has 1 aliphatic carbocycles. The maximum Gasteiger partial charge on any atom is 0.245 e. The molecule has 3 aromatic rings. The number of sulfonamides is 1. The van der Waals surface area contributed by atoms with Crippen LogP contribution < -0.4 is 14.5 Å². The fourth-order valence-corrected chi connectivity index (χ4v) is 6.47. The molecule has 6 nitrogen and oxygen atoms in total. The van der Waals surface area contributed by atoms with Crippen LogP contribution in [0.1, 0.15) is 30.0 Å². The van der Waals surface area contributed by atoms with E-state index in [-0.39, 0.29) is 10.8 Å². The van der Waals surface area contributed by atoms with Gasteiger partial charge in [0, 0.05) is 29.2 Å². The third-order valence-electron chi connectivity index (χ3n) is 6.80. The van der Waals surface area contributed by atoms with E-state index in [2.05, 4.69) is 31.0 Å². The molecular weight excluding hydrogens is 458 g/mol. The van der Waals surface area contributed by atoms with Gasteiger partial charge < -0.3 is 9.80 Å². The molecule has 8 heteroatoms. The minimum absolute atomic E-state index is 0.137. The van der Waals surface area contributed by atoms with Crippen molar-refractivity contribution in [2.45, 2.75) is 36.2 Å². The zero-order valence-corrected chi connectivity index (χ0v) is 20.2. The van der Waals surface area contributed by atoms with Gasteiger partial charge in [-0.05, 0) is 65.6 Å². The number of carbonyl (C=O) groups is 1. The summed E-state index contributed by atoms with van der Waals surface area (Å²) in [6.07, 6.45) is 2.54. The van der Waals surface area contributed by atoms with Gasteiger partial charge in [-0.15, -0.1) is 0 Å². The van der Waals surface area contributed by atoms with E-state index in [1.54, 1.807) is 41.3 Å². The lowest BCUT2D eigenvalue weighted by molar-refractivity contribution is -0.891. The molecule has 33 heavy (non-hydrogen) atoms. The van der Waals surface area contributed by atoms with Gasteiger partial charge in [-0.1, -0.05) is 29.8 Å². The number of carbonyl (C=O) groups excluding carboxylic acids is 1. The van der Waals surface area contributed by atoms with Crippen molar-refractivity contribution in [3.8, 4) is 0 Å². The highest BCUT2D eigenvalue weighted by molar-refractivity contribution is 7.89. The number of hydrogen-bond acceptors (Lipinski definition) is 3. The predicted molar refractivity (Wildman–Crippen MR) is 130 cm³/mol. The molecule has 0 aromatic heterocycles. The summed E-state index contributed by atoms with van der Waals surface area (Å²) >= 11 is 6.02. The zero-order valence-electron chi connectivity index (χ0n) is 18.6. The summed E-state index contributed by atoms with van der Waals surface area (Å²) in [6, 6.07) is 16.1. The number of hydrogen-bond donors (Lipinski definition) is 2. The minimum Gasteiger partial charge on any atom is -0.334 e. The summed E-state index contributed by atoms with van der Waals surface area (Å²) in [5.41, 5.74) is 3.48. The molecule has 0 radical (unpaired) electrons. The number of amides is 1. The molecule has 0 saturated carbocycles. The van der Waals surface area contributed by atoms with E-state index in [4.69, 9.17) is 11.6 Å². The van der Waals surface area contributed by atoms with E-state index < -0.39 is 16.1 Å². The molecule has 2 N–H and O–H groups in total. The molecule has 1 amide bonds. The van der Waals surface area contributed by atoms with Crippen LogP contribution in [-0.2, 0) is 21.2 Å². The van der Waals surface area contributed by atoms with Crippen molar-refractivity contribution in [3.63, 3.8) is 0 Å². The maximum absolute atomic E-state index is 13.1. The van der Waals surface area contributed by atoms with Gasteiger partial charge in [-0.3, -0.25) is 4.79 Å². The van der Waals surface area contributed by atoms with Crippen LogP contribution in [0.25, 0.3) is 10.8 Å². The fourth-order valence-electron chi connectivity index (χ4n) is 5.03. The number of aryl methyl sites for hydroxylation is 1. The number of fused-ring (bicyclic) bond motifs is 2. The fraction of sp³-hybridized carbons (Fsp3) is 0.320. The van der Waals surface area contributed by atoms with Crippen molar-refractivity contribution >= 4 is 44.0 Å². The van der Waals surface area contributed by atoms with Crippen LogP contribution in [0, 0.1) is 0 Å². The van der Waals surface area contributed by atoms with E-state index in [0.717, 1.165) is 29.3 Å². The highest BCUT2D eigenvalue weighted by Gasteiger charge is 2.36. The average Bonchev–Trinajstić information content (AvgIpc) is 3.36. The van der Waals surface area contributed by atoms with Gasteiger partial charge in [0.25, 0.3) is 0 Å². The van der Waals surface area contributed by atoms with Gasteiger partial charge >= 0.3 is 0 Å². The smallest absolute Gasteiger partial charge is 0.245 e. The Morgan fingerprint density at radius 2 is 1.76 bits per heavy atom. The number of quaternary nitrogens is 1. The number of nitrogens with zero attached hydrogens (tertiary/aromatic N) is 1. The molecule has 172 valence electrons. The topological polar surface area (TPSA) is 70.9 Å². The number of nitrogens with one attached hydrogen (secondary N) is 2. The lowest BCUT2D eigenvalue weighted by Crippen LogP contribution is -3.05. The van der Waals surface area contributed by atoms with E-state index in [9.17, 15) is 13.2 Å². The molecule has 0 unspecified atom stereocenters. The van der Waals surface area contributed by atoms with Crippen molar-refractivity contribution in [2.24, 2.45) is 0 Å². The van der Waals surface area contributed by atoms with Crippen LogP contribution in [0.5, 0.6) is 0 Å². The van der Waals surface area contributed by atoms with E-state index >= 15 is 0 Å². The van der Waals surface area contributed by atoms with Crippen molar-refractivity contribution in [2.75, 3.05) is 25.5 Å². The Balaban J connectivity index is 1.34. The van der Waals surface area contributed by atoms with Crippen molar-refractivity contribution in [1.82, 2.24) is 4.72 Å². The largest absolute Gasteiger partial charge is 0.334 e. The first-order chi connectivity index (χ1) is 15.7. The molecule has 2 aliphatic rings. The molecule has 5 rings (SSSR count). The van der Waals surface area contributed by atoms with Crippen LogP contribution in [-0.4, -0.2) is 41.0 Å². The lowest BCUT2D eigenvalue weighted by atomic mass is 10.1. The highest BCUT2D eigenvalue weighted by Crippen LogP contribution is 2.33. The molecule has 1 heterocycles. The standard InChI is InChI=1S/C25H26ClN3O3S/c1-28(2)24-10-5-18-14-20(7-9-22(18)24)29-12-11-23(25(29)30)27-33(31,32)21-8-4-16-13-19(26)6-3-17(16)15-21/h3-4,6-9,13-15,23-24,27H,5,10-12H2,1-2H3/p+1/t23-,24+/m0/s1. The number of rotatable bonds is 5. The second-order valence-corrected chi connectivity index (χ2v) is 11.3. The van der Waals surface area contributed by atoms with Crippen LogP contribution in [0.15, 0.2) is 59.5 Å². The highest BCUT2D eigenvalue weighted by atomic mass is 35.5. The zero-order chi connectivity index (χ0) is 23.3. The van der Waals surface area contributed by atoms with Crippen molar-refractivity contribution in [3.05, 3.63) is 70.7 Å². The SMILES string of the molecule is C[NH+](C)[C@@H]1CCc2cc(N3CC[C@H](NS(=O)(=O)c4ccc5cc(Cl)ccc5c4)C3=O)ccc21. The third-order valence-corrected chi connectivity index (χ3v) is 8.50. The summed E-state index contributed by atoms with van der Waals surface area (Å²) in [6.45, 7) is 0.489. The molecular formula is C25H27ClN3O3S+. The molecule has 3 aromatic carbocycles. The monoisotopic (exact) mass is 484 g/mol. The normalized spacial score (nSPS) is 20.7. The Morgan fingerprint density at radius 3 is 2.55 bits per heavy atom. The van der Waals surface area contributed by atoms with Crippen LogP contribution in [0.2, 0.25) is 5.02 Å². The predicted octanol–water partition coefficient (Wildman–Crippen LogP) is 2.71. The summed E-state index contributed by atoms with van der Waals surface area (Å²) in [7, 11) is 0.488. The molecule has 1 aliphatic heterocycles. The van der Waals surface area contributed by atoms with E-state index in [1.165, 1.54) is 16.0 Å². The Labute approximate surface area is 199 Å². The number of anilines is 1. The lowest BCUT2D eigenvalue weighted by Gasteiger charge is -2.20. The quantitative estimate of drug-likeness (QED) is 0.585. The van der Waals surface area contributed by atoms with E-state index in [1.807, 2.05) is 6.07 Å². The first-order valence-electron chi connectivity index (χ1n) is 11.2. The second-order valence-electron chi connectivity index (χ2n) is 9.16. The summed E-state index contributed by atoms with van der Waals surface area (Å²) in [5.74, 6) is -0.209. The molecule has 2 atom stereocenters. The first-order valence-corrected chi connectivity index (χ1v) is 13.0. The summed E-state index contributed by atoms with van der Waals surface area (Å²) in [5, 5.41) is 2.23. The Kier molecular flexibility index (Phi) is 5.69. The minimum atomic E-state index is -3.84. The maximum atomic E-state index is 13.1. The number of benzene rings is 3. The third kappa shape index (κ3) is 4.15. The first kappa shape index (κ1) is 22.3. The van der Waals surface area contributed by atoms with Gasteiger partial charge in [0.05, 0.1) is 19.0 Å². The van der Waals surface area contributed by atoms with Crippen LogP contribution >= 0.6 is 11.6 Å². The molecule has 0 spiro atoms. The van der Waals surface area contributed by atoms with Gasteiger partial charge in [0.1, 0.15) is 12.1 Å². The van der Waals surface area contributed by atoms with E-state index in [0.29, 0.717) is 24.0 Å². The Bertz CT molecular complexity index is 1360. The molecule has 0 bridgehead atoms. The van der Waals surface area contributed by atoms with Gasteiger partial charge in [0.2, 0.25) is 15.9 Å². The Morgan fingerprint density at radius 1 is 1.00 bits per heavy atom. The Hall–Kier alpha value is -2.45. The summed E-state index contributed by atoms with van der Waals surface area (Å²) < 4.78 is 28.7. The van der Waals surface area contributed by atoms with Gasteiger partial charge in [0.15, 0.2) is 0 Å². The van der Waals surface area contributed by atoms with Crippen molar-refractivity contribution in [1.29, 1.82) is 0 Å². The number of halogens is 1. The van der Waals surface area contributed by atoms with Crippen molar-refractivity contribution < 1.29 is 18.1 Å². The molecule has 1 saturated heterocycles. The molecule has 1 fully saturated rings. The van der Waals surface area contributed by atoms with Gasteiger partial charge in [-0.2, -0.15) is 4.72 Å². The average molecular weight is 485 g/mol.